The highest BCUT2D eigenvalue weighted by molar-refractivity contribution is 5.83. The van der Waals surface area contributed by atoms with Gasteiger partial charge in [0.1, 0.15) is 5.75 Å². The van der Waals surface area contributed by atoms with Gasteiger partial charge in [0, 0.05) is 37.8 Å². The van der Waals surface area contributed by atoms with Gasteiger partial charge in [-0.15, -0.1) is 0 Å². The fourth-order valence-electron chi connectivity index (χ4n) is 3.47. The number of benzene rings is 1. The van der Waals surface area contributed by atoms with E-state index in [1.165, 1.54) is 0 Å². The van der Waals surface area contributed by atoms with Gasteiger partial charge in [0.25, 0.3) is 0 Å². The van der Waals surface area contributed by atoms with Gasteiger partial charge in [0.15, 0.2) is 0 Å². The highest BCUT2D eigenvalue weighted by atomic mass is 16.5. The van der Waals surface area contributed by atoms with Gasteiger partial charge in [-0.2, -0.15) is 0 Å². The van der Waals surface area contributed by atoms with Crippen LogP contribution in [-0.2, 0) is 16.1 Å². The Kier molecular flexibility index (Phi) is 6.29. The topological polar surface area (TPSA) is 71.5 Å². The van der Waals surface area contributed by atoms with Crippen LogP contribution in [0.4, 0.5) is 0 Å². The number of hydrogen-bond acceptors (Lipinski definition) is 4. The maximum absolute atomic E-state index is 12.6. The van der Waals surface area contributed by atoms with Gasteiger partial charge in [0.05, 0.1) is 5.92 Å². The molecular formula is C22H27N3O3. The Morgan fingerprint density at radius 2 is 2.00 bits per heavy atom. The molecule has 1 atom stereocenters. The number of piperidine rings is 1. The molecule has 1 aliphatic rings. The molecule has 28 heavy (non-hydrogen) atoms. The third kappa shape index (κ3) is 4.50. The highest BCUT2D eigenvalue weighted by Gasteiger charge is 2.29. The third-order valence-electron chi connectivity index (χ3n) is 5.16. The Morgan fingerprint density at radius 3 is 2.71 bits per heavy atom. The first-order chi connectivity index (χ1) is 13.5. The number of pyridine rings is 1. The van der Waals surface area contributed by atoms with Gasteiger partial charge in [-0.1, -0.05) is 24.3 Å². The Labute approximate surface area is 165 Å². The predicted octanol–water partition coefficient (Wildman–Crippen LogP) is 3.37. The van der Waals surface area contributed by atoms with Crippen molar-refractivity contribution in [2.24, 2.45) is 5.92 Å². The van der Waals surface area contributed by atoms with E-state index in [9.17, 15) is 9.59 Å². The number of amides is 2. The number of aryl methyl sites for hydroxylation is 2. The van der Waals surface area contributed by atoms with Crippen LogP contribution in [0.2, 0.25) is 0 Å². The molecule has 0 aliphatic carbocycles. The van der Waals surface area contributed by atoms with Crippen molar-refractivity contribution < 1.29 is 14.3 Å². The summed E-state index contributed by atoms with van der Waals surface area (Å²) in [6.45, 7) is 7.39. The third-order valence-corrected chi connectivity index (χ3v) is 5.16. The van der Waals surface area contributed by atoms with E-state index in [0.717, 1.165) is 22.4 Å². The molecule has 1 aromatic carbocycles. The first kappa shape index (κ1) is 19.9. The smallest absolute Gasteiger partial charge is 0.225 e. The van der Waals surface area contributed by atoms with Crippen molar-refractivity contribution in [3.05, 3.63) is 53.2 Å². The van der Waals surface area contributed by atoms with Crippen LogP contribution in [0.5, 0.6) is 11.6 Å². The monoisotopic (exact) mass is 381 g/mol. The SMILES string of the molecule is CCN1C[C@H](C(=O)NCc2cccnc2Oc2c(C)cccc2C)CCC1=O. The predicted molar refractivity (Wildman–Crippen MR) is 107 cm³/mol. The molecular weight excluding hydrogens is 354 g/mol. The number of likely N-dealkylation sites (tertiary alicyclic amines) is 1. The summed E-state index contributed by atoms with van der Waals surface area (Å²) in [6, 6.07) is 9.72. The van der Waals surface area contributed by atoms with Gasteiger partial charge in [-0.05, 0) is 44.4 Å². The van der Waals surface area contributed by atoms with Crippen molar-refractivity contribution in [2.45, 2.75) is 40.2 Å². The molecule has 0 unspecified atom stereocenters. The zero-order chi connectivity index (χ0) is 20.1. The van der Waals surface area contributed by atoms with Gasteiger partial charge < -0.3 is 15.0 Å². The lowest BCUT2D eigenvalue weighted by molar-refractivity contribution is -0.138. The largest absolute Gasteiger partial charge is 0.438 e. The molecule has 6 nitrogen and oxygen atoms in total. The molecule has 1 aromatic heterocycles. The van der Waals surface area contributed by atoms with Crippen LogP contribution in [0.3, 0.4) is 0 Å². The Bertz CT molecular complexity index is 846. The molecule has 2 amide bonds. The number of hydrogen-bond donors (Lipinski definition) is 1. The Balaban J connectivity index is 1.67. The standard InChI is InChI=1S/C22H27N3O3/c1-4-25-14-18(10-11-19(25)26)21(27)24-13-17-9-6-12-23-22(17)28-20-15(2)7-5-8-16(20)3/h5-9,12,18H,4,10-11,13-14H2,1-3H3,(H,24,27)/t18-/m1/s1. The van der Waals surface area contributed by atoms with E-state index < -0.39 is 0 Å². The summed E-state index contributed by atoms with van der Waals surface area (Å²) in [6.07, 6.45) is 2.71. The van der Waals surface area contributed by atoms with Crippen LogP contribution in [0.25, 0.3) is 0 Å². The summed E-state index contributed by atoms with van der Waals surface area (Å²) >= 11 is 0. The number of nitrogens with zero attached hydrogens (tertiary/aromatic N) is 2. The molecule has 1 aliphatic heterocycles. The van der Waals surface area contributed by atoms with Crippen LogP contribution in [0.15, 0.2) is 36.5 Å². The summed E-state index contributed by atoms with van der Waals surface area (Å²) in [5.74, 6) is 1.21. The molecule has 1 saturated heterocycles. The minimum absolute atomic E-state index is 0.0344. The molecule has 1 fully saturated rings. The molecule has 0 radical (unpaired) electrons. The van der Waals surface area contributed by atoms with Gasteiger partial charge in [-0.3, -0.25) is 9.59 Å². The first-order valence-corrected chi connectivity index (χ1v) is 9.73. The van der Waals surface area contributed by atoms with E-state index in [-0.39, 0.29) is 17.7 Å². The number of nitrogens with one attached hydrogen (secondary N) is 1. The van der Waals surface area contributed by atoms with Crippen molar-refractivity contribution in [3.8, 4) is 11.6 Å². The first-order valence-electron chi connectivity index (χ1n) is 9.73. The van der Waals surface area contributed by atoms with Crippen LogP contribution in [-0.4, -0.2) is 34.8 Å². The fourth-order valence-corrected chi connectivity index (χ4v) is 3.47. The van der Waals surface area contributed by atoms with Crippen molar-refractivity contribution in [1.82, 2.24) is 15.2 Å². The summed E-state index contributed by atoms with van der Waals surface area (Å²) in [5.41, 5.74) is 2.89. The van der Waals surface area contributed by atoms with Crippen LogP contribution in [0.1, 0.15) is 36.5 Å². The normalized spacial score (nSPS) is 16.8. The molecule has 3 rings (SSSR count). The molecule has 2 heterocycles. The maximum atomic E-state index is 12.6. The van der Waals surface area contributed by atoms with Crippen LogP contribution in [0, 0.1) is 19.8 Å². The van der Waals surface area contributed by atoms with Crippen molar-refractivity contribution in [3.63, 3.8) is 0 Å². The second-order valence-corrected chi connectivity index (χ2v) is 7.18. The lowest BCUT2D eigenvalue weighted by atomic mass is 9.96. The zero-order valence-corrected chi connectivity index (χ0v) is 16.7. The van der Waals surface area contributed by atoms with Crippen molar-refractivity contribution >= 4 is 11.8 Å². The van der Waals surface area contributed by atoms with Crippen LogP contribution < -0.4 is 10.1 Å². The Hall–Kier alpha value is -2.89. The van der Waals surface area contributed by atoms with E-state index in [0.29, 0.717) is 38.4 Å². The lowest BCUT2D eigenvalue weighted by Gasteiger charge is -2.31. The molecule has 6 heteroatoms. The van der Waals surface area contributed by atoms with Crippen molar-refractivity contribution in [1.29, 1.82) is 0 Å². The molecule has 0 spiro atoms. The van der Waals surface area contributed by atoms with E-state index in [4.69, 9.17) is 4.74 Å². The van der Waals surface area contributed by atoms with Gasteiger partial charge in [-0.25, -0.2) is 4.98 Å². The summed E-state index contributed by atoms with van der Waals surface area (Å²) in [7, 11) is 0. The quantitative estimate of drug-likeness (QED) is 0.833. The second-order valence-electron chi connectivity index (χ2n) is 7.18. The average molecular weight is 381 g/mol. The van der Waals surface area contributed by atoms with Crippen LogP contribution >= 0.6 is 0 Å². The number of ether oxygens (including phenoxy) is 1. The van der Waals surface area contributed by atoms with Gasteiger partial charge in [0.2, 0.25) is 17.7 Å². The number of carbonyl (C=O) groups excluding carboxylic acids is 2. The number of rotatable bonds is 6. The number of para-hydroxylation sites is 1. The van der Waals surface area contributed by atoms with E-state index >= 15 is 0 Å². The number of carbonyl (C=O) groups is 2. The summed E-state index contributed by atoms with van der Waals surface area (Å²) in [4.78, 5) is 30.5. The molecule has 148 valence electrons. The minimum Gasteiger partial charge on any atom is -0.438 e. The second kappa shape index (κ2) is 8.87. The van der Waals surface area contributed by atoms with E-state index in [2.05, 4.69) is 10.3 Å². The fraction of sp³-hybridized carbons (Fsp3) is 0.409. The minimum atomic E-state index is -0.169. The lowest BCUT2D eigenvalue weighted by Crippen LogP contribution is -2.45. The van der Waals surface area contributed by atoms with Crippen molar-refractivity contribution in [2.75, 3.05) is 13.1 Å². The molecule has 0 saturated carbocycles. The highest BCUT2D eigenvalue weighted by Crippen LogP contribution is 2.29. The molecule has 2 aromatic rings. The Morgan fingerprint density at radius 1 is 1.25 bits per heavy atom. The zero-order valence-electron chi connectivity index (χ0n) is 16.7. The maximum Gasteiger partial charge on any atom is 0.225 e. The molecule has 1 N–H and O–H groups in total. The average Bonchev–Trinajstić information content (AvgIpc) is 2.70. The van der Waals surface area contributed by atoms with Gasteiger partial charge >= 0.3 is 0 Å². The van der Waals surface area contributed by atoms with E-state index in [1.807, 2.05) is 51.1 Å². The number of aromatic nitrogens is 1. The molecule has 0 bridgehead atoms. The summed E-state index contributed by atoms with van der Waals surface area (Å²) in [5, 5.41) is 2.99. The summed E-state index contributed by atoms with van der Waals surface area (Å²) < 4.78 is 6.08. The van der Waals surface area contributed by atoms with E-state index in [1.54, 1.807) is 11.1 Å².